The number of carbonyl (C=O) groups is 2. The SMILES string of the molecule is COc1cccc(NC(=O)CN(C)[C@H](C)C(=O)Nc2ccc(S(=O)(=O)N3CCCC3)cc2)c1. The highest BCUT2D eigenvalue weighted by Crippen LogP contribution is 2.22. The summed E-state index contributed by atoms with van der Waals surface area (Å²) in [4.78, 5) is 26.8. The highest BCUT2D eigenvalue weighted by molar-refractivity contribution is 7.89. The minimum Gasteiger partial charge on any atom is -0.497 e. The van der Waals surface area contributed by atoms with Gasteiger partial charge >= 0.3 is 0 Å². The van der Waals surface area contributed by atoms with Crippen LogP contribution in [-0.2, 0) is 19.6 Å². The summed E-state index contributed by atoms with van der Waals surface area (Å²) in [6.07, 6.45) is 1.74. The third-order valence-corrected chi connectivity index (χ3v) is 7.52. The van der Waals surface area contributed by atoms with Crippen molar-refractivity contribution in [2.24, 2.45) is 0 Å². The average Bonchev–Trinajstić information content (AvgIpc) is 3.35. The van der Waals surface area contributed by atoms with Crippen molar-refractivity contribution in [3.05, 3.63) is 48.5 Å². The number of hydrogen-bond donors (Lipinski definition) is 2. The number of nitrogens with zero attached hydrogens (tertiary/aromatic N) is 2. The largest absolute Gasteiger partial charge is 0.497 e. The van der Waals surface area contributed by atoms with Gasteiger partial charge in [-0.3, -0.25) is 14.5 Å². The second-order valence-corrected chi connectivity index (χ2v) is 9.93. The van der Waals surface area contributed by atoms with Crippen LogP contribution in [-0.4, -0.2) is 69.3 Å². The van der Waals surface area contributed by atoms with Gasteiger partial charge in [0.2, 0.25) is 21.8 Å². The molecule has 1 atom stereocenters. The van der Waals surface area contributed by atoms with Crippen LogP contribution in [0.15, 0.2) is 53.4 Å². The molecule has 0 bridgehead atoms. The summed E-state index contributed by atoms with van der Waals surface area (Å²) >= 11 is 0. The number of hydrogen-bond acceptors (Lipinski definition) is 6. The molecule has 178 valence electrons. The Hall–Kier alpha value is -2.95. The number of sulfonamides is 1. The number of benzene rings is 2. The Kier molecular flexibility index (Phi) is 8.06. The molecule has 3 rings (SSSR count). The van der Waals surface area contributed by atoms with Gasteiger partial charge in [-0.2, -0.15) is 4.31 Å². The van der Waals surface area contributed by atoms with Crippen LogP contribution in [0.5, 0.6) is 5.75 Å². The Labute approximate surface area is 194 Å². The van der Waals surface area contributed by atoms with Crippen LogP contribution < -0.4 is 15.4 Å². The van der Waals surface area contributed by atoms with E-state index in [0.29, 0.717) is 30.2 Å². The van der Waals surface area contributed by atoms with Gasteiger partial charge in [0.25, 0.3) is 0 Å². The number of anilines is 2. The zero-order valence-corrected chi connectivity index (χ0v) is 19.9. The lowest BCUT2D eigenvalue weighted by molar-refractivity contribution is -0.122. The van der Waals surface area contributed by atoms with Crippen molar-refractivity contribution in [2.75, 3.05) is 44.4 Å². The minimum atomic E-state index is -3.50. The second kappa shape index (κ2) is 10.8. The molecule has 1 fully saturated rings. The maximum atomic E-state index is 12.6. The van der Waals surface area contributed by atoms with Crippen LogP contribution >= 0.6 is 0 Å². The maximum Gasteiger partial charge on any atom is 0.243 e. The first-order valence-electron chi connectivity index (χ1n) is 10.8. The number of nitrogens with one attached hydrogen (secondary N) is 2. The molecule has 2 N–H and O–H groups in total. The van der Waals surface area contributed by atoms with Crippen LogP contribution in [0.2, 0.25) is 0 Å². The van der Waals surface area contributed by atoms with Crippen molar-refractivity contribution in [3.63, 3.8) is 0 Å². The third kappa shape index (κ3) is 6.31. The predicted molar refractivity (Wildman–Crippen MR) is 127 cm³/mol. The number of likely N-dealkylation sites (N-methyl/N-ethyl adjacent to an activating group) is 1. The van der Waals surface area contributed by atoms with Crippen molar-refractivity contribution in [1.82, 2.24) is 9.21 Å². The fraction of sp³-hybridized carbons (Fsp3) is 0.391. The highest BCUT2D eigenvalue weighted by atomic mass is 32.2. The summed E-state index contributed by atoms with van der Waals surface area (Å²) < 4.78 is 31.9. The molecule has 10 heteroatoms. The Morgan fingerprint density at radius 2 is 1.73 bits per heavy atom. The monoisotopic (exact) mass is 474 g/mol. The van der Waals surface area contributed by atoms with E-state index in [1.165, 1.54) is 16.4 Å². The fourth-order valence-electron chi connectivity index (χ4n) is 3.50. The van der Waals surface area contributed by atoms with Crippen molar-refractivity contribution >= 4 is 33.2 Å². The number of carbonyl (C=O) groups excluding carboxylic acids is 2. The lowest BCUT2D eigenvalue weighted by Gasteiger charge is -2.23. The molecule has 0 radical (unpaired) electrons. The van der Waals surface area contributed by atoms with Gasteiger partial charge in [0.05, 0.1) is 24.6 Å². The first-order chi connectivity index (χ1) is 15.7. The van der Waals surface area contributed by atoms with E-state index in [4.69, 9.17) is 4.74 Å². The molecule has 2 aromatic carbocycles. The molecule has 2 aromatic rings. The van der Waals surface area contributed by atoms with E-state index >= 15 is 0 Å². The van der Waals surface area contributed by atoms with Crippen molar-refractivity contribution in [1.29, 1.82) is 0 Å². The molecule has 0 unspecified atom stereocenters. The third-order valence-electron chi connectivity index (χ3n) is 5.61. The minimum absolute atomic E-state index is 0.0127. The van der Waals surface area contributed by atoms with E-state index < -0.39 is 16.1 Å². The number of methoxy groups -OCH3 is 1. The van der Waals surface area contributed by atoms with Gasteiger partial charge in [0.1, 0.15) is 5.75 Å². The smallest absolute Gasteiger partial charge is 0.243 e. The van der Waals surface area contributed by atoms with Gasteiger partial charge in [-0.25, -0.2) is 8.42 Å². The summed E-state index contributed by atoms with van der Waals surface area (Å²) in [6, 6.07) is 12.6. The normalized spacial score (nSPS) is 15.3. The van der Waals surface area contributed by atoms with Crippen LogP contribution in [0, 0.1) is 0 Å². The molecular formula is C23H30N4O5S. The fourth-order valence-corrected chi connectivity index (χ4v) is 5.02. The molecule has 9 nitrogen and oxygen atoms in total. The van der Waals surface area contributed by atoms with Gasteiger partial charge in [-0.05, 0) is 63.2 Å². The molecule has 0 aliphatic carbocycles. The summed E-state index contributed by atoms with van der Waals surface area (Å²) in [5.41, 5.74) is 1.09. The molecule has 1 saturated heterocycles. The van der Waals surface area contributed by atoms with Crippen LogP contribution in [0.25, 0.3) is 0 Å². The molecule has 0 aromatic heterocycles. The number of amides is 2. The van der Waals surface area contributed by atoms with Gasteiger partial charge in [-0.1, -0.05) is 6.07 Å². The Balaban J connectivity index is 1.54. The molecule has 1 aliphatic rings. The van der Waals surface area contributed by atoms with E-state index in [1.807, 2.05) is 0 Å². The lowest BCUT2D eigenvalue weighted by atomic mass is 10.2. The lowest BCUT2D eigenvalue weighted by Crippen LogP contribution is -2.43. The van der Waals surface area contributed by atoms with Crippen LogP contribution in [0.4, 0.5) is 11.4 Å². The van der Waals surface area contributed by atoms with Gasteiger partial charge in [0.15, 0.2) is 0 Å². The molecule has 1 heterocycles. The van der Waals surface area contributed by atoms with Crippen molar-refractivity contribution < 1.29 is 22.7 Å². The van der Waals surface area contributed by atoms with Crippen LogP contribution in [0.3, 0.4) is 0 Å². The van der Waals surface area contributed by atoms with E-state index in [0.717, 1.165) is 12.8 Å². The first-order valence-corrected chi connectivity index (χ1v) is 12.2. The number of ether oxygens (including phenoxy) is 1. The Morgan fingerprint density at radius 1 is 1.06 bits per heavy atom. The van der Waals surface area contributed by atoms with Crippen molar-refractivity contribution in [3.8, 4) is 5.75 Å². The highest BCUT2D eigenvalue weighted by Gasteiger charge is 2.27. The maximum absolute atomic E-state index is 12.6. The van der Waals surface area contributed by atoms with Crippen molar-refractivity contribution in [2.45, 2.75) is 30.7 Å². The number of rotatable bonds is 9. The van der Waals surface area contributed by atoms with Gasteiger partial charge in [-0.15, -0.1) is 0 Å². The summed E-state index contributed by atoms with van der Waals surface area (Å²) in [5.74, 6) is 0.0665. The Morgan fingerprint density at radius 3 is 2.36 bits per heavy atom. The summed E-state index contributed by atoms with van der Waals surface area (Å²) in [7, 11) is -0.265. The van der Waals surface area contributed by atoms with E-state index in [2.05, 4.69) is 10.6 Å². The van der Waals surface area contributed by atoms with Crippen LogP contribution in [0.1, 0.15) is 19.8 Å². The van der Waals surface area contributed by atoms with E-state index in [1.54, 1.807) is 62.4 Å². The second-order valence-electron chi connectivity index (χ2n) is 8.00. The molecule has 0 spiro atoms. The standard InChI is InChI=1S/C23H30N4O5S/c1-17(26(2)16-22(28)24-19-7-6-8-20(15-19)32-3)23(29)25-18-9-11-21(12-10-18)33(30,31)27-13-4-5-14-27/h6-12,15,17H,4-5,13-14,16H2,1-3H3,(H,24,28)(H,25,29)/t17-/m1/s1. The van der Waals surface area contributed by atoms with E-state index in [-0.39, 0.29) is 23.3 Å². The predicted octanol–water partition coefficient (Wildman–Crippen LogP) is 2.38. The molecule has 1 aliphatic heterocycles. The Bertz CT molecular complexity index is 1080. The molecule has 0 saturated carbocycles. The zero-order chi connectivity index (χ0) is 24.0. The zero-order valence-electron chi connectivity index (χ0n) is 19.1. The summed E-state index contributed by atoms with van der Waals surface area (Å²) in [6.45, 7) is 2.78. The molecular weight excluding hydrogens is 444 g/mol. The summed E-state index contributed by atoms with van der Waals surface area (Å²) in [5, 5.41) is 5.55. The van der Waals surface area contributed by atoms with E-state index in [9.17, 15) is 18.0 Å². The first kappa shape index (κ1) is 24.7. The topological polar surface area (TPSA) is 108 Å². The van der Waals surface area contributed by atoms with Gasteiger partial charge < -0.3 is 15.4 Å². The van der Waals surface area contributed by atoms with Gasteiger partial charge in [0, 0.05) is 30.5 Å². The molecule has 2 amide bonds. The molecule has 33 heavy (non-hydrogen) atoms. The average molecular weight is 475 g/mol. The quantitative estimate of drug-likeness (QED) is 0.578.